The maximum Gasteiger partial charge on any atom is 0.251 e. The van der Waals surface area contributed by atoms with Gasteiger partial charge in [-0.2, -0.15) is 0 Å². The van der Waals surface area contributed by atoms with Crippen molar-refractivity contribution < 1.29 is 18.4 Å². The van der Waals surface area contributed by atoms with E-state index in [4.69, 9.17) is 0 Å². The third kappa shape index (κ3) is 5.42. The number of ketones is 2. The molecule has 3 aliphatic rings. The number of carbonyl (C=O) groups is 2. The molecule has 8 heteroatoms. The van der Waals surface area contributed by atoms with Crippen LogP contribution in [0.3, 0.4) is 0 Å². The van der Waals surface area contributed by atoms with Crippen LogP contribution >= 0.6 is 15.9 Å². The Morgan fingerprint density at radius 2 is 1.57 bits per heavy atom. The molecule has 5 nitrogen and oxygen atoms in total. The number of nitrogens with zero attached hydrogens (tertiary/aromatic N) is 3. The number of anilines is 2. The molecular formula is C27H30BrF2N3O2. The van der Waals surface area contributed by atoms with Crippen LogP contribution in [0.25, 0.3) is 0 Å². The van der Waals surface area contributed by atoms with Crippen LogP contribution in [0, 0.1) is 12.3 Å². The Bertz CT molecular complexity index is 1150. The molecule has 1 aromatic heterocycles. The Kier molecular flexibility index (Phi) is 6.45. The van der Waals surface area contributed by atoms with Gasteiger partial charge in [-0.1, -0.05) is 15.9 Å². The predicted molar refractivity (Wildman–Crippen MR) is 136 cm³/mol. The van der Waals surface area contributed by atoms with Crippen molar-refractivity contribution in [1.29, 1.82) is 0 Å². The largest absolute Gasteiger partial charge is 0.371 e. The minimum Gasteiger partial charge on any atom is -0.371 e. The second kappa shape index (κ2) is 9.26. The Hall–Kier alpha value is -2.35. The Morgan fingerprint density at radius 1 is 0.914 bits per heavy atom. The van der Waals surface area contributed by atoms with E-state index in [1.165, 1.54) is 12.8 Å². The fraction of sp³-hybridized carbons (Fsp3) is 0.519. The van der Waals surface area contributed by atoms with Crippen molar-refractivity contribution in [3.63, 3.8) is 0 Å². The lowest BCUT2D eigenvalue weighted by molar-refractivity contribution is -0.0221. The molecule has 5 rings (SSSR count). The summed E-state index contributed by atoms with van der Waals surface area (Å²) in [5.41, 5.74) is 3.00. The molecule has 2 aliphatic heterocycles. The van der Waals surface area contributed by atoms with Crippen molar-refractivity contribution >= 4 is 39.0 Å². The van der Waals surface area contributed by atoms with E-state index in [1.807, 2.05) is 12.1 Å². The van der Waals surface area contributed by atoms with E-state index in [9.17, 15) is 18.4 Å². The Labute approximate surface area is 213 Å². The number of pyridine rings is 1. The van der Waals surface area contributed by atoms with Crippen LogP contribution in [0.2, 0.25) is 0 Å². The SMILES string of the molecule is Cc1cc(C(=O)CC(=O)c2ccc(Br)cc2N2CCC3(CC2)CC3)cc(N2CCC(F)(F)CC2)n1. The van der Waals surface area contributed by atoms with Crippen LogP contribution in [0.4, 0.5) is 20.3 Å². The first kappa shape index (κ1) is 24.3. The van der Waals surface area contributed by atoms with Gasteiger partial charge in [0, 0.05) is 66.0 Å². The fourth-order valence-electron chi connectivity index (χ4n) is 5.28. The number of rotatable bonds is 6. The van der Waals surface area contributed by atoms with Gasteiger partial charge in [0.05, 0.1) is 6.42 Å². The zero-order valence-corrected chi connectivity index (χ0v) is 21.5. The molecule has 0 unspecified atom stereocenters. The predicted octanol–water partition coefficient (Wildman–Crippen LogP) is 6.22. The molecule has 2 aromatic rings. The van der Waals surface area contributed by atoms with E-state index < -0.39 is 5.92 Å². The highest BCUT2D eigenvalue weighted by Gasteiger charge is 2.44. The van der Waals surface area contributed by atoms with Crippen molar-refractivity contribution in [2.45, 2.75) is 57.8 Å². The first-order valence-electron chi connectivity index (χ1n) is 12.4. The molecule has 35 heavy (non-hydrogen) atoms. The minimum atomic E-state index is -2.65. The van der Waals surface area contributed by atoms with E-state index in [1.54, 1.807) is 30.0 Å². The molecule has 186 valence electrons. The second-order valence-electron chi connectivity index (χ2n) is 10.4. The highest BCUT2D eigenvalue weighted by Crippen LogP contribution is 2.54. The number of hydrogen-bond donors (Lipinski definition) is 0. The summed E-state index contributed by atoms with van der Waals surface area (Å²) >= 11 is 3.53. The lowest BCUT2D eigenvalue weighted by Gasteiger charge is -2.35. The molecule has 3 fully saturated rings. The molecular weight excluding hydrogens is 516 g/mol. The highest BCUT2D eigenvalue weighted by atomic mass is 79.9. The van der Waals surface area contributed by atoms with Gasteiger partial charge in [0.15, 0.2) is 11.6 Å². The average Bonchev–Trinajstić information content (AvgIpc) is 3.57. The van der Waals surface area contributed by atoms with E-state index in [-0.39, 0.29) is 43.9 Å². The molecule has 1 saturated carbocycles. The van der Waals surface area contributed by atoms with Crippen LogP contribution in [-0.2, 0) is 0 Å². The molecule has 0 N–H and O–H groups in total. The summed E-state index contributed by atoms with van der Waals surface area (Å²) in [4.78, 5) is 35.0. The van der Waals surface area contributed by atoms with E-state index in [0.29, 0.717) is 28.1 Å². The summed E-state index contributed by atoms with van der Waals surface area (Å²) in [6.07, 6.45) is 4.22. The smallest absolute Gasteiger partial charge is 0.251 e. The summed E-state index contributed by atoms with van der Waals surface area (Å²) in [7, 11) is 0. The third-order valence-electron chi connectivity index (χ3n) is 7.78. The number of alkyl halides is 2. The summed E-state index contributed by atoms with van der Waals surface area (Å²) in [5, 5.41) is 0. The summed E-state index contributed by atoms with van der Waals surface area (Å²) in [6.45, 7) is 4.00. The molecule has 1 aliphatic carbocycles. The van der Waals surface area contributed by atoms with Crippen molar-refractivity contribution in [2.24, 2.45) is 5.41 Å². The third-order valence-corrected chi connectivity index (χ3v) is 8.28. The first-order valence-corrected chi connectivity index (χ1v) is 13.1. The summed E-state index contributed by atoms with van der Waals surface area (Å²) < 4.78 is 28.1. The van der Waals surface area contributed by atoms with Crippen LogP contribution in [0.5, 0.6) is 0 Å². The van der Waals surface area contributed by atoms with E-state index >= 15 is 0 Å². The van der Waals surface area contributed by atoms with Gasteiger partial charge in [0.25, 0.3) is 5.92 Å². The lowest BCUT2D eigenvalue weighted by atomic mass is 9.92. The number of halogens is 3. The van der Waals surface area contributed by atoms with Gasteiger partial charge in [-0.25, -0.2) is 13.8 Å². The number of aromatic nitrogens is 1. The molecule has 0 radical (unpaired) electrons. The number of hydrogen-bond acceptors (Lipinski definition) is 5. The average molecular weight is 546 g/mol. The zero-order chi connectivity index (χ0) is 24.8. The number of aryl methyl sites for hydroxylation is 1. The second-order valence-corrected chi connectivity index (χ2v) is 11.3. The number of piperidine rings is 2. The monoisotopic (exact) mass is 545 g/mol. The van der Waals surface area contributed by atoms with Gasteiger partial charge in [-0.05, 0) is 68.4 Å². The molecule has 1 aromatic carbocycles. The molecule has 0 amide bonds. The topological polar surface area (TPSA) is 53.5 Å². The highest BCUT2D eigenvalue weighted by molar-refractivity contribution is 9.10. The normalized spacial score (nSPS) is 20.7. The van der Waals surface area contributed by atoms with Crippen LogP contribution in [0.1, 0.15) is 71.4 Å². The minimum absolute atomic E-state index is 0.190. The van der Waals surface area contributed by atoms with Gasteiger partial charge in [0.1, 0.15) is 5.82 Å². The summed E-state index contributed by atoms with van der Waals surface area (Å²) in [5.74, 6) is -2.63. The van der Waals surface area contributed by atoms with Crippen LogP contribution in [0.15, 0.2) is 34.8 Å². The van der Waals surface area contributed by atoms with Crippen LogP contribution < -0.4 is 9.80 Å². The van der Waals surface area contributed by atoms with Gasteiger partial charge >= 0.3 is 0 Å². The van der Waals surface area contributed by atoms with E-state index in [2.05, 4.69) is 25.8 Å². The summed E-state index contributed by atoms with van der Waals surface area (Å²) in [6, 6.07) is 8.92. The standard InChI is InChI=1S/C27H30BrF2N3O2/c1-18-14-19(15-25(31-18)33-12-8-27(29,30)9-13-33)23(34)17-24(35)21-3-2-20(28)16-22(21)32-10-6-26(4-5-26)7-11-32/h2-3,14-16H,4-13,17H2,1H3. The van der Waals surface area contributed by atoms with Crippen molar-refractivity contribution in [3.8, 4) is 0 Å². The molecule has 2 saturated heterocycles. The number of benzene rings is 1. The maximum atomic E-state index is 13.6. The number of Topliss-reactive ketones (excluding diaryl/α,β-unsaturated/α-hetero) is 2. The fourth-order valence-corrected chi connectivity index (χ4v) is 5.63. The van der Waals surface area contributed by atoms with E-state index in [0.717, 1.165) is 36.1 Å². The first-order chi connectivity index (χ1) is 16.6. The van der Waals surface area contributed by atoms with Crippen molar-refractivity contribution in [1.82, 2.24) is 4.98 Å². The van der Waals surface area contributed by atoms with Gasteiger partial charge in [-0.15, -0.1) is 0 Å². The molecule has 0 atom stereocenters. The lowest BCUT2D eigenvalue weighted by Crippen LogP contribution is -2.39. The molecule has 1 spiro atoms. The maximum absolute atomic E-state index is 13.6. The van der Waals surface area contributed by atoms with Crippen molar-refractivity contribution in [3.05, 3.63) is 51.6 Å². The Morgan fingerprint density at radius 3 is 2.23 bits per heavy atom. The van der Waals surface area contributed by atoms with Crippen molar-refractivity contribution in [2.75, 3.05) is 36.0 Å². The molecule has 0 bridgehead atoms. The molecule has 3 heterocycles. The van der Waals surface area contributed by atoms with Gasteiger partial charge in [0.2, 0.25) is 0 Å². The Balaban J connectivity index is 1.32. The number of carbonyl (C=O) groups excluding carboxylic acids is 2. The zero-order valence-electron chi connectivity index (χ0n) is 20.0. The van der Waals surface area contributed by atoms with Gasteiger partial charge in [-0.3, -0.25) is 9.59 Å². The van der Waals surface area contributed by atoms with Gasteiger partial charge < -0.3 is 9.80 Å². The quantitative estimate of drug-likeness (QED) is 0.318. The van der Waals surface area contributed by atoms with Crippen LogP contribution in [-0.4, -0.2) is 48.7 Å².